The van der Waals surface area contributed by atoms with Crippen LogP contribution in [0, 0.1) is 0 Å². The molecule has 11 heteroatoms. The van der Waals surface area contributed by atoms with Crippen molar-refractivity contribution in [2.75, 3.05) is 44.7 Å². The van der Waals surface area contributed by atoms with Gasteiger partial charge in [0.25, 0.3) is 5.91 Å². The molecular formula is C39H38N4O5S2. The number of benzene rings is 5. The summed E-state index contributed by atoms with van der Waals surface area (Å²) >= 11 is 5.37. The van der Waals surface area contributed by atoms with Crippen molar-refractivity contribution in [2.45, 2.75) is 10.9 Å². The van der Waals surface area contributed by atoms with Crippen LogP contribution in [0.4, 0.5) is 5.69 Å². The van der Waals surface area contributed by atoms with Gasteiger partial charge in [0.05, 0.1) is 10.9 Å². The molecule has 0 bridgehead atoms. The molecule has 0 atom stereocenters. The van der Waals surface area contributed by atoms with Crippen LogP contribution in [0.15, 0.2) is 144 Å². The number of anilines is 1. The number of nitrogens with zero attached hydrogens (tertiary/aromatic N) is 2. The van der Waals surface area contributed by atoms with Gasteiger partial charge in [-0.2, -0.15) is 4.31 Å². The molecule has 1 heterocycles. The Morgan fingerprint density at radius 3 is 1.82 bits per heavy atom. The first kappa shape index (κ1) is 34.8. The molecule has 1 aliphatic heterocycles. The van der Waals surface area contributed by atoms with Crippen LogP contribution in [-0.2, 0) is 10.0 Å². The van der Waals surface area contributed by atoms with Gasteiger partial charge in [-0.25, -0.2) is 8.42 Å². The number of thiocarbonyl (C=S) groups is 1. The van der Waals surface area contributed by atoms with Crippen LogP contribution in [0.5, 0.6) is 11.5 Å². The Kier molecular flexibility index (Phi) is 11.5. The van der Waals surface area contributed by atoms with E-state index in [1.54, 1.807) is 48.5 Å². The molecule has 1 fully saturated rings. The average Bonchev–Trinajstić information content (AvgIpc) is 3.15. The Morgan fingerprint density at radius 1 is 0.680 bits per heavy atom. The number of sulfonamides is 1. The van der Waals surface area contributed by atoms with E-state index in [0.29, 0.717) is 56.4 Å². The van der Waals surface area contributed by atoms with Crippen LogP contribution >= 0.6 is 12.2 Å². The summed E-state index contributed by atoms with van der Waals surface area (Å²) in [5.41, 5.74) is 3.27. The topological polar surface area (TPSA) is 100 Å². The van der Waals surface area contributed by atoms with E-state index in [4.69, 9.17) is 21.7 Å². The van der Waals surface area contributed by atoms with Crippen LogP contribution in [0.2, 0.25) is 0 Å². The lowest BCUT2D eigenvalue weighted by atomic mass is 9.96. The lowest BCUT2D eigenvalue weighted by Crippen LogP contribution is -2.49. The third kappa shape index (κ3) is 8.93. The van der Waals surface area contributed by atoms with Crippen LogP contribution in [0.3, 0.4) is 0 Å². The number of amides is 1. The molecule has 2 N–H and O–H groups in total. The summed E-state index contributed by atoms with van der Waals surface area (Å²) in [6.07, 6.45) is 0. The molecule has 256 valence electrons. The minimum Gasteiger partial charge on any atom is -0.490 e. The van der Waals surface area contributed by atoms with Crippen LogP contribution in [-0.4, -0.2) is 68.0 Å². The first-order valence-corrected chi connectivity index (χ1v) is 18.2. The van der Waals surface area contributed by atoms with E-state index in [1.807, 2.05) is 66.7 Å². The van der Waals surface area contributed by atoms with Gasteiger partial charge in [-0.3, -0.25) is 15.0 Å². The molecule has 0 unspecified atom stereocenters. The van der Waals surface area contributed by atoms with Crippen molar-refractivity contribution >= 4 is 38.9 Å². The van der Waals surface area contributed by atoms with E-state index in [-0.39, 0.29) is 16.0 Å². The largest absolute Gasteiger partial charge is 0.490 e. The monoisotopic (exact) mass is 706 g/mol. The number of para-hydroxylation sites is 1. The van der Waals surface area contributed by atoms with Gasteiger partial charge in [-0.05, 0) is 77.9 Å². The minimum absolute atomic E-state index is 0.0412. The molecule has 0 radical (unpaired) electrons. The number of carbonyl (C=O) groups excluding carboxylic acids is 1. The molecule has 1 saturated heterocycles. The van der Waals surface area contributed by atoms with Gasteiger partial charge in [0, 0.05) is 37.4 Å². The molecule has 1 aliphatic rings. The average molecular weight is 707 g/mol. The first-order valence-electron chi connectivity index (χ1n) is 16.3. The molecule has 0 spiro atoms. The molecule has 0 aliphatic carbocycles. The third-order valence-corrected chi connectivity index (χ3v) is 10.4. The fourth-order valence-corrected chi connectivity index (χ4v) is 7.48. The number of hydrogen-bond donors (Lipinski definition) is 2. The lowest BCUT2D eigenvalue weighted by molar-refractivity contribution is 0.0977. The number of carbonyl (C=O) groups is 1. The fraction of sp³-hybridized carbons (Fsp3) is 0.179. The van der Waals surface area contributed by atoms with E-state index in [0.717, 1.165) is 5.75 Å². The number of rotatable bonds is 12. The minimum atomic E-state index is -3.71. The van der Waals surface area contributed by atoms with E-state index >= 15 is 0 Å². The number of hydrogen-bond acceptors (Lipinski definition) is 7. The highest BCUT2D eigenvalue weighted by atomic mass is 32.2. The highest BCUT2D eigenvalue weighted by Crippen LogP contribution is 2.30. The number of nitrogens with one attached hydrogen (secondary N) is 2. The van der Waals surface area contributed by atoms with Crippen molar-refractivity contribution in [2.24, 2.45) is 0 Å². The highest BCUT2D eigenvalue weighted by molar-refractivity contribution is 7.89. The molecular weight excluding hydrogens is 669 g/mol. The van der Waals surface area contributed by atoms with Gasteiger partial charge < -0.3 is 14.8 Å². The zero-order valence-electron chi connectivity index (χ0n) is 27.4. The molecule has 5 aromatic carbocycles. The van der Waals surface area contributed by atoms with Crippen molar-refractivity contribution < 1.29 is 22.7 Å². The van der Waals surface area contributed by atoms with Crippen molar-refractivity contribution in [1.82, 2.24) is 14.5 Å². The highest BCUT2D eigenvalue weighted by Gasteiger charge is 2.32. The smallest absolute Gasteiger partial charge is 0.257 e. The summed E-state index contributed by atoms with van der Waals surface area (Å²) in [4.78, 5) is 15.4. The van der Waals surface area contributed by atoms with Gasteiger partial charge in [-0.15, -0.1) is 0 Å². The van der Waals surface area contributed by atoms with Crippen molar-refractivity contribution in [3.8, 4) is 11.5 Å². The Labute approximate surface area is 298 Å². The standard InChI is InChI=1S/C39H38N4O5S2/c44-38(32-15-10-18-35(29-32)48-28-27-47-34-16-8-3-9-17-34)41-39(49)40-33-19-21-36(22-20-33)50(45,46)43-25-23-42(24-26-43)37(30-11-4-1-5-12-30)31-13-6-2-7-14-31/h1-22,29,37H,23-28H2,(H2,40,41,44,49). The Bertz CT molecular complexity index is 1930. The predicted molar refractivity (Wildman–Crippen MR) is 199 cm³/mol. The summed E-state index contributed by atoms with van der Waals surface area (Å²) in [5.74, 6) is 0.874. The normalized spacial score (nSPS) is 13.8. The summed E-state index contributed by atoms with van der Waals surface area (Å²) in [6.45, 7) is 2.61. The quantitative estimate of drug-likeness (QED) is 0.114. The van der Waals surface area contributed by atoms with Crippen molar-refractivity contribution in [3.63, 3.8) is 0 Å². The maximum Gasteiger partial charge on any atom is 0.257 e. The van der Waals surface area contributed by atoms with Crippen LogP contribution < -0.4 is 20.1 Å². The molecule has 5 aromatic rings. The fourth-order valence-electron chi connectivity index (χ4n) is 5.85. The van der Waals surface area contributed by atoms with Gasteiger partial charge in [-0.1, -0.05) is 84.9 Å². The molecule has 9 nitrogen and oxygen atoms in total. The first-order chi connectivity index (χ1) is 24.4. The summed E-state index contributed by atoms with van der Waals surface area (Å²) in [6, 6.07) is 43.2. The number of piperazine rings is 1. The van der Waals surface area contributed by atoms with Gasteiger partial charge in [0.1, 0.15) is 24.7 Å². The summed E-state index contributed by atoms with van der Waals surface area (Å²) in [5, 5.41) is 5.70. The van der Waals surface area contributed by atoms with E-state index in [9.17, 15) is 13.2 Å². The lowest BCUT2D eigenvalue weighted by Gasteiger charge is -2.39. The van der Waals surface area contributed by atoms with E-state index in [1.165, 1.54) is 15.4 Å². The maximum atomic E-state index is 13.6. The van der Waals surface area contributed by atoms with E-state index < -0.39 is 15.9 Å². The third-order valence-electron chi connectivity index (χ3n) is 8.31. The second kappa shape index (κ2) is 16.6. The van der Waals surface area contributed by atoms with Gasteiger partial charge >= 0.3 is 0 Å². The van der Waals surface area contributed by atoms with Gasteiger partial charge in [0.15, 0.2) is 5.11 Å². The Hall–Kier alpha value is -5.07. The Morgan fingerprint density at radius 2 is 1.22 bits per heavy atom. The van der Waals surface area contributed by atoms with Crippen molar-refractivity contribution in [3.05, 3.63) is 156 Å². The zero-order valence-corrected chi connectivity index (χ0v) is 29.0. The molecule has 0 aromatic heterocycles. The second-order valence-corrected chi connectivity index (χ2v) is 14.0. The van der Waals surface area contributed by atoms with Gasteiger partial charge in [0.2, 0.25) is 10.0 Å². The number of ether oxygens (including phenoxy) is 2. The molecule has 6 rings (SSSR count). The second-order valence-electron chi connectivity index (χ2n) is 11.6. The van der Waals surface area contributed by atoms with Crippen LogP contribution in [0.1, 0.15) is 27.5 Å². The van der Waals surface area contributed by atoms with Crippen molar-refractivity contribution in [1.29, 1.82) is 0 Å². The molecule has 1 amide bonds. The summed E-state index contributed by atoms with van der Waals surface area (Å²) < 4.78 is 40.1. The van der Waals surface area contributed by atoms with E-state index in [2.05, 4.69) is 39.8 Å². The SMILES string of the molecule is O=C(NC(=S)Nc1ccc(S(=O)(=O)N2CCN(C(c3ccccc3)c3ccccc3)CC2)cc1)c1cccc(OCCOc2ccccc2)c1. The molecule has 50 heavy (non-hydrogen) atoms. The Balaban J connectivity index is 0.999. The zero-order chi connectivity index (χ0) is 34.8. The maximum absolute atomic E-state index is 13.6. The predicted octanol–water partition coefficient (Wildman–Crippen LogP) is 6.37. The molecule has 0 saturated carbocycles. The van der Waals surface area contributed by atoms with Crippen LogP contribution in [0.25, 0.3) is 0 Å². The summed E-state index contributed by atoms with van der Waals surface area (Å²) in [7, 11) is -3.71.